The van der Waals surface area contributed by atoms with Crippen LogP contribution in [-0.2, 0) is 22.1 Å². The molecule has 0 bridgehead atoms. The number of nitrogens with zero attached hydrogens (tertiary/aromatic N) is 1. The minimum absolute atomic E-state index is 0.173. The normalized spacial score (nSPS) is 20.9. The van der Waals surface area contributed by atoms with E-state index in [1.54, 1.807) is 19.2 Å². The number of hydrogen-bond acceptors (Lipinski definition) is 3. The van der Waals surface area contributed by atoms with E-state index in [0.717, 1.165) is 22.0 Å². The van der Waals surface area contributed by atoms with Gasteiger partial charge in [-0.05, 0) is 53.7 Å². The van der Waals surface area contributed by atoms with Gasteiger partial charge in [-0.2, -0.15) is 0 Å². The van der Waals surface area contributed by atoms with Gasteiger partial charge in [-0.1, -0.05) is 47.5 Å². The van der Waals surface area contributed by atoms with Gasteiger partial charge in [0, 0.05) is 31.0 Å². The van der Waals surface area contributed by atoms with Crippen molar-refractivity contribution in [1.29, 1.82) is 0 Å². The lowest BCUT2D eigenvalue weighted by molar-refractivity contribution is 0.0868. The van der Waals surface area contributed by atoms with Crippen LogP contribution in [0, 0.1) is 5.92 Å². The Kier molecular flexibility index (Phi) is 5.89. The highest BCUT2D eigenvalue weighted by molar-refractivity contribution is 6.45. The number of rotatable bonds is 6. The molecular formula is C26H26Cl2N2O3. The van der Waals surface area contributed by atoms with E-state index in [9.17, 15) is 4.79 Å². The second-order valence-corrected chi connectivity index (χ2v) is 9.67. The van der Waals surface area contributed by atoms with Crippen LogP contribution < -0.4 is 5.32 Å². The molecule has 3 aromatic rings. The lowest BCUT2D eigenvalue weighted by atomic mass is 9.87. The molecule has 7 heteroatoms. The van der Waals surface area contributed by atoms with Gasteiger partial charge in [0.2, 0.25) is 0 Å². The molecule has 1 N–H and O–H groups in total. The quantitative estimate of drug-likeness (QED) is 0.441. The Morgan fingerprint density at radius 3 is 2.61 bits per heavy atom. The minimum atomic E-state index is -0.585. The average molecular weight is 485 g/mol. The third-order valence-electron chi connectivity index (χ3n) is 6.75. The van der Waals surface area contributed by atoms with E-state index in [2.05, 4.69) is 29.6 Å². The monoisotopic (exact) mass is 484 g/mol. The fourth-order valence-electron chi connectivity index (χ4n) is 4.71. The number of carbonyl (C=O) groups excluding carboxylic acids is 1. The summed E-state index contributed by atoms with van der Waals surface area (Å²) in [5.41, 5.74) is 4.21. The first-order chi connectivity index (χ1) is 15.9. The lowest BCUT2D eigenvalue weighted by Crippen LogP contribution is -2.47. The van der Waals surface area contributed by atoms with Crippen LogP contribution in [0.15, 0.2) is 48.7 Å². The van der Waals surface area contributed by atoms with Gasteiger partial charge in [-0.15, -0.1) is 0 Å². The third-order valence-corrected chi connectivity index (χ3v) is 7.57. The molecule has 1 aliphatic heterocycles. The molecule has 33 heavy (non-hydrogen) atoms. The van der Waals surface area contributed by atoms with Crippen LogP contribution in [0.4, 0.5) is 0 Å². The molecule has 5 nitrogen and oxygen atoms in total. The van der Waals surface area contributed by atoms with Crippen LogP contribution >= 0.6 is 23.2 Å². The second kappa shape index (κ2) is 8.71. The van der Waals surface area contributed by atoms with Crippen molar-refractivity contribution in [3.63, 3.8) is 0 Å². The van der Waals surface area contributed by atoms with Gasteiger partial charge in [0.15, 0.2) is 0 Å². The first-order valence-corrected chi connectivity index (χ1v) is 11.9. The Bertz CT molecular complexity index is 1240. The predicted octanol–water partition coefficient (Wildman–Crippen LogP) is 5.93. The fourth-order valence-corrected chi connectivity index (χ4v) is 5.09. The number of carbonyl (C=O) groups is 1. The molecule has 172 valence electrons. The largest absolute Gasteiger partial charge is 0.504 e. The second-order valence-electron chi connectivity index (χ2n) is 8.88. The molecule has 2 aromatic carbocycles. The van der Waals surface area contributed by atoms with Crippen molar-refractivity contribution < 1.29 is 14.3 Å². The van der Waals surface area contributed by atoms with E-state index < -0.39 is 5.54 Å². The highest BCUT2D eigenvalue weighted by Crippen LogP contribution is 2.42. The van der Waals surface area contributed by atoms with Crippen LogP contribution in [0.5, 0.6) is 0 Å². The first kappa shape index (κ1) is 22.3. The number of ether oxygens (including phenoxy) is 2. The zero-order chi connectivity index (χ0) is 23.2. The van der Waals surface area contributed by atoms with E-state index >= 15 is 0 Å². The smallest absolute Gasteiger partial charge is 0.268 e. The zero-order valence-electron chi connectivity index (χ0n) is 18.7. The highest BCUT2D eigenvalue weighted by atomic mass is 35.5. The van der Waals surface area contributed by atoms with Crippen LogP contribution in [0.3, 0.4) is 0 Å². The number of hydrogen-bond donors (Lipinski definition) is 1. The Morgan fingerprint density at radius 2 is 1.97 bits per heavy atom. The summed E-state index contributed by atoms with van der Waals surface area (Å²) in [4.78, 5) is 13.4. The number of aromatic nitrogens is 1. The summed E-state index contributed by atoms with van der Waals surface area (Å²) in [6, 6.07) is 13.8. The van der Waals surface area contributed by atoms with Gasteiger partial charge in [0.05, 0.1) is 35.6 Å². The van der Waals surface area contributed by atoms with Crippen LogP contribution in [-0.4, -0.2) is 30.8 Å². The number of benzene rings is 2. The van der Waals surface area contributed by atoms with Crippen molar-refractivity contribution >= 4 is 45.6 Å². The lowest BCUT2D eigenvalue weighted by Gasteiger charge is -2.30. The number of nitrogens with one attached hydrogen (secondary N) is 1. The average Bonchev–Trinajstić information content (AvgIpc) is 3.45. The molecule has 2 heterocycles. The summed E-state index contributed by atoms with van der Waals surface area (Å²) in [6.45, 7) is 1.02. The minimum Gasteiger partial charge on any atom is -0.504 e. The number of halogens is 2. The van der Waals surface area contributed by atoms with E-state index in [0.29, 0.717) is 41.3 Å². The summed E-state index contributed by atoms with van der Waals surface area (Å²) < 4.78 is 12.9. The Balaban J connectivity index is 1.45. The SMILES string of the molecule is CO/C=C(/c1ccc(C2(NC(=O)c3cc4c(Cl)c(Cl)ccc4n3C)CCOC2)cc1)C1CC1. The molecule has 1 saturated heterocycles. The molecule has 1 aliphatic carbocycles. The van der Waals surface area contributed by atoms with Gasteiger partial charge < -0.3 is 19.4 Å². The van der Waals surface area contributed by atoms with Crippen molar-refractivity contribution in [3.05, 3.63) is 75.6 Å². The molecule has 2 aliphatic rings. The van der Waals surface area contributed by atoms with Gasteiger partial charge >= 0.3 is 0 Å². The molecule has 1 amide bonds. The van der Waals surface area contributed by atoms with Gasteiger partial charge in [0.1, 0.15) is 5.69 Å². The van der Waals surface area contributed by atoms with Crippen molar-refractivity contribution in [2.75, 3.05) is 20.3 Å². The zero-order valence-corrected chi connectivity index (χ0v) is 20.2. The summed E-state index contributed by atoms with van der Waals surface area (Å²) >= 11 is 12.6. The number of methoxy groups -OCH3 is 1. The maximum Gasteiger partial charge on any atom is 0.268 e. The molecule has 1 unspecified atom stereocenters. The summed E-state index contributed by atoms with van der Waals surface area (Å²) in [6.07, 6.45) is 4.95. The maximum absolute atomic E-state index is 13.4. The van der Waals surface area contributed by atoms with E-state index in [1.165, 1.54) is 18.4 Å². The van der Waals surface area contributed by atoms with Crippen molar-refractivity contribution in [1.82, 2.24) is 9.88 Å². The van der Waals surface area contributed by atoms with Gasteiger partial charge in [-0.3, -0.25) is 4.79 Å². The first-order valence-electron chi connectivity index (χ1n) is 11.1. The standard InChI is InChI=1S/C26H26Cl2N2O3/c1-30-22-10-9-21(27)24(28)19(22)13-23(30)25(31)29-26(11-12-33-15-26)18-7-5-17(6-8-18)20(14-32-2)16-3-4-16/h5-10,13-14,16H,3-4,11-12,15H2,1-2H3,(H,29,31)/b20-14+. The van der Waals surface area contributed by atoms with Crippen molar-refractivity contribution in [2.24, 2.45) is 13.0 Å². The van der Waals surface area contributed by atoms with E-state index in [1.807, 2.05) is 23.9 Å². The molecule has 0 radical (unpaired) electrons. The molecule has 0 spiro atoms. The highest BCUT2D eigenvalue weighted by Gasteiger charge is 2.39. The Morgan fingerprint density at radius 1 is 1.21 bits per heavy atom. The van der Waals surface area contributed by atoms with E-state index in [-0.39, 0.29) is 5.91 Å². The van der Waals surface area contributed by atoms with Gasteiger partial charge in [0.25, 0.3) is 5.91 Å². The fraction of sp³-hybridized carbons (Fsp3) is 0.346. The van der Waals surface area contributed by atoms with Crippen LogP contribution in [0.25, 0.3) is 16.5 Å². The number of aryl methyl sites for hydroxylation is 1. The summed E-state index contributed by atoms with van der Waals surface area (Å²) in [7, 11) is 3.54. The Labute approximate surface area is 203 Å². The molecule has 1 aromatic heterocycles. The number of allylic oxidation sites excluding steroid dienone is 1. The molecule has 1 atom stereocenters. The summed E-state index contributed by atoms with van der Waals surface area (Å²) in [5.74, 6) is 0.402. The number of fused-ring (bicyclic) bond motifs is 1. The van der Waals surface area contributed by atoms with Gasteiger partial charge in [-0.25, -0.2) is 0 Å². The van der Waals surface area contributed by atoms with Crippen molar-refractivity contribution in [3.8, 4) is 0 Å². The van der Waals surface area contributed by atoms with E-state index in [4.69, 9.17) is 32.7 Å². The topological polar surface area (TPSA) is 52.5 Å². The number of amides is 1. The third kappa shape index (κ3) is 4.03. The molecule has 2 fully saturated rings. The van der Waals surface area contributed by atoms with Crippen LogP contribution in [0.2, 0.25) is 10.0 Å². The maximum atomic E-state index is 13.4. The molecular weight excluding hydrogens is 459 g/mol. The molecule has 5 rings (SSSR count). The molecule has 1 saturated carbocycles. The predicted molar refractivity (Wildman–Crippen MR) is 132 cm³/mol. The van der Waals surface area contributed by atoms with Crippen molar-refractivity contribution in [2.45, 2.75) is 24.8 Å². The summed E-state index contributed by atoms with van der Waals surface area (Å²) in [5, 5.41) is 4.95. The van der Waals surface area contributed by atoms with Crippen LogP contribution in [0.1, 0.15) is 40.9 Å². The Hall–Kier alpha value is -2.47.